The Balaban J connectivity index is 1.49. The molecule has 0 amide bonds. The zero-order chi connectivity index (χ0) is 17.0. The quantitative estimate of drug-likeness (QED) is 0.296. The van der Waals surface area contributed by atoms with Gasteiger partial charge in [-0.2, -0.15) is 0 Å². The van der Waals surface area contributed by atoms with E-state index in [1.807, 2.05) is 0 Å². The number of allylic oxidation sites excluding steroid dienone is 4. The topological polar surface area (TPSA) is 0 Å². The normalized spacial score (nSPS) is 31.9. The first-order chi connectivity index (χ1) is 11.8. The third kappa shape index (κ3) is 7.58. The monoisotopic (exact) mass is 330 g/mol. The maximum atomic E-state index is 2.49. The van der Waals surface area contributed by atoms with Crippen LogP contribution in [0, 0.1) is 23.7 Å². The van der Waals surface area contributed by atoms with Crippen LogP contribution in [0.4, 0.5) is 0 Å². The molecule has 0 bridgehead atoms. The summed E-state index contributed by atoms with van der Waals surface area (Å²) < 4.78 is 0. The van der Waals surface area contributed by atoms with Gasteiger partial charge in [-0.05, 0) is 87.9 Å². The molecule has 0 N–H and O–H groups in total. The lowest BCUT2D eigenvalue weighted by Gasteiger charge is -2.28. The van der Waals surface area contributed by atoms with Crippen LogP contribution in [-0.2, 0) is 0 Å². The summed E-state index contributed by atoms with van der Waals surface area (Å²) in [6.45, 7) is 4.49. The highest BCUT2D eigenvalue weighted by atomic mass is 14.3. The van der Waals surface area contributed by atoms with Crippen molar-refractivity contribution in [2.45, 2.75) is 104 Å². The average Bonchev–Trinajstić information content (AvgIpc) is 2.64. The molecule has 0 unspecified atom stereocenters. The summed E-state index contributed by atoms with van der Waals surface area (Å²) in [6.07, 6.45) is 29.9. The fourth-order valence-corrected chi connectivity index (χ4v) is 4.86. The van der Waals surface area contributed by atoms with E-state index in [1.165, 1.54) is 89.9 Å². The van der Waals surface area contributed by atoms with Gasteiger partial charge in [-0.15, -0.1) is 0 Å². The summed E-state index contributed by atoms with van der Waals surface area (Å²) >= 11 is 0. The lowest BCUT2D eigenvalue weighted by molar-refractivity contribution is 0.268. The van der Waals surface area contributed by atoms with Crippen molar-refractivity contribution < 1.29 is 0 Å². The third-order valence-electron chi connectivity index (χ3n) is 6.55. The standard InChI is InChI=1S/C24H42/c1-3-5-9-21-13-17-23(18-14-21)11-7-8-12-24-19-15-22(16-20-24)10-6-4-2/h5-6,9-10,21-24H,3-4,7-8,11-20H2,1-2H3/t21-,22?,23-,24?. The van der Waals surface area contributed by atoms with Crippen molar-refractivity contribution in [3.05, 3.63) is 24.3 Å². The van der Waals surface area contributed by atoms with Gasteiger partial charge in [0.1, 0.15) is 0 Å². The SMILES string of the molecule is CCC=CC1CCC(CCCC[C@H]2CC[C@H](C=CCC)CC2)CC1. The van der Waals surface area contributed by atoms with Crippen LogP contribution in [0.1, 0.15) is 104 Å². The van der Waals surface area contributed by atoms with Crippen molar-refractivity contribution >= 4 is 0 Å². The van der Waals surface area contributed by atoms with Gasteiger partial charge < -0.3 is 0 Å². The molecule has 0 aromatic rings. The van der Waals surface area contributed by atoms with Crippen LogP contribution in [0.25, 0.3) is 0 Å². The van der Waals surface area contributed by atoms with Crippen molar-refractivity contribution in [1.82, 2.24) is 0 Å². The van der Waals surface area contributed by atoms with Gasteiger partial charge in [0, 0.05) is 0 Å². The van der Waals surface area contributed by atoms with Crippen molar-refractivity contribution in [2.24, 2.45) is 23.7 Å². The Hall–Kier alpha value is -0.520. The third-order valence-corrected chi connectivity index (χ3v) is 6.55. The van der Waals surface area contributed by atoms with Gasteiger partial charge in [0.15, 0.2) is 0 Å². The second kappa shape index (κ2) is 11.9. The molecule has 0 heterocycles. The maximum Gasteiger partial charge on any atom is -0.0233 e. The Morgan fingerprint density at radius 1 is 0.583 bits per heavy atom. The molecule has 0 aliphatic heterocycles. The van der Waals surface area contributed by atoms with Crippen molar-refractivity contribution in [3.8, 4) is 0 Å². The molecule has 0 heteroatoms. The van der Waals surface area contributed by atoms with E-state index in [9.17, 15) is 0 Å². The van der Waals surface area contributed by atoms with E-state index in [-0.39, 0.29) is 0 Å². The highest BCUT2D eigenvalue weighted by Crippen LogP contribution is 2.35. The van der Waals surface area contributed by atoms with Crippen LogP contribution < -0.4 is 0 Å². The molecular weight excluding hydrogens is 288 g/mol. The predicted molar refractivity (Wildman–Crippen MR) is 108 cm³/mol. The minimum absolute atomic E-state index is 0.901. The van der Waals surface area contributed by atoms with E-state index in [4.69, 9.17) is 0 Å². The van der Waals surface area contributed by atoms with Gasteiger partial charge in [-0.1, -0.05) is 63.8 Å². The molecule has 2 rings (SSSR count). The smallest absolute Gasteiger partial charge is 0.0233 e. The minimum atomic E-state index is 0.901. The zero-order valence-electron chi connectivity index (χ0n) is 16.5. The molecule has 0 saturated heterocycles. The summed E-state index contributed by atoms with van der Waals surface area (Å²) in [5.41, 5.74) is 0. The van der Waals surface area contributed by atoms with E-state index in [2.05, 4.69) is 38.2 Å². The zero-order valence-corrected chi connectivity index (χ0v) is 16.5. The molecule has 24 heavy (non-hydrogen) atoms. The molecule has 0 aromatic carbocycles. The largest absolute Gasteiger partial charge is 0.0885 e. The molecule has 0 nitrogen and oxygen atoms in total. The van der Waals surface area contributed by atoms with Gasteiger partial charge in [0.2, 0.25) is 0 Å². The van der Waals surface area contributed by atoms with Crippen molar-refractivity contribution in [1.29, 1.82) is 0 Å². The lowest BCUT2D eigenvalue weighted by atomic mass is 9.78. The first-order valence-electron chi connectivity index (χ1n) is 11.1. The van der Waals surface area contributed by atoms with Crippen molar-refractivity contribution in [3.63, 3.8) is 0 Å². The predicted octanol–water partition coefficient (Wildman–Crippen LogP) is 8.09. The molecule has 2 fully saturated rings. The number of rotatable bonds is 9. The Kier molecular flexibility index (Phi) is 9.85. The summed E-state index contributed by atoms with van der Waals surface area (Å²) in [6, 6.07) is 0. The molecule has 0 spiro atoms. The van der Waals surface area contributed by atoms with Gasteiger partial charge in [0.25, 0.3) is 0 Å². The Morgan fingerprint density at radius 3 is 1.29 bits per heavy atom. The van der Waals surface area contributed by atoms with Gasteiger partial charge in [0.05, 0.1) is 0 Å². The lowest BCUT2D eigenvalue weighted by Crippen LogP contribution is -2.14. The highest BCUT2D eigenvalue weighted by molar-refractivity contribution is 4.91. The number of hydrogen-bond acceptors (Lipinski definition) is 0. The Labute approximate surface area is 152 Å². The molecule has 2 aliphatic rings. The molecule has 0 atom stereocenters. The first kappa shape index (κ1) is 19.8. The first-order valence-corrected chi connectivity index (χ1v) is 11.1. The van der Waals surface area contributed by atoms with E-state index >= 15 is 0 Å². The van der Waals surface area contributed by atoms with Gasteiger partial charge in [-0.25, -0.2) is 0 Å². The number of unbranched alkanes of at least 4 members (excludes halogenated alkanes) is 1. The van der Waals surface area contributed by atoms with Gasteiger partial charge in [-0.3, -0.25) is 0 Å². The Bertz CT molecular complexity index is 312. The van der Waals surface area contributed by atoms with Crippen LogP contribution in [0.3, 0.4) is 0 Å². The average molecular weight is 331 g/mol. The van der Waals surface area contributed by atoms with Crippen LogP contribution in [0.5, 0.6) is 0 Å². The summed E-state index contributed by atoms with van der Waals surface area (Å²) in [5.74, 6) is 3.90. The molecule has 2 saturated carbocycles. The number of hydrogen-bond donors (Lipinski definition) is 0. The van der Waals surface area contributed by atoms with E-state index in [0.717, 1.165) is 23.7 Å². The minimum Gasteiger partial charge on any atom is -0.0885 e. The summed E-state index contributed by atoms with van der Waals surface area (Å²) in [5, 5.41) is 0. The van der Waals surface area contributed by atoms with E-state index < -0.39 is 0 Å². The van der Waals surface area contributed by atoms with Crippen LogP contribution >= 0.6 is 0 Å². The fourth-order valence-electron chi connectivity index (χ4n) is 4.86. The molecule has 0 radical (unpaired) electrons. The van der Waals surface area contributed by atoms with Gasteiger partial charge >= 0.3 is 0 Å². The fraction of sp³-hybridized carbons (Fsp3) is 0.833. The Morgan fingerprint density at radius 2 is 0.958 bits per heavy atom. The van der Waals surface area contributed by atoms with Crippen LogP contribution in [0.2, 0.25) is 0 Å². The highest BCUT2D eigenvalue weighted by Gasteiger charge is 2.21. The summed E-state index contributed by atoms with van der Waals surface area (Å²) in [4.78, 5) is 0. The molecule has 0 aromatic heterocycles. The molecule has 2 aliphatic carbocycles. The summed E-state index contributed by atoms with van der Waals surface area (Å²) in [7, 11) is 0. The second-order valence-corrected chi connectivity index (χ2v) is 8.52. The molecule has 138 valence electrons. The van der Waals surface area contributed by atoms with Crippen LogP contribution in [-0.4, -0.2) is 0 Å². The molecular formula is C24H42. The van der Waals surface area contributed by atoms with E-state index in [0.29, 0.717) is 0 Å². The van der Waals surface area contributed by atoms with E-state index in [1.54, 1.807) is 0 Å². The maximum absolute atomic E-state index is 2.49. The van der Waals surface area contributed by atoms with Crippen molar-refractivity contribution in [2.75, 3.05) is 0 Å². The second-order valence-electron chi connectivity index (χ2n) is 8.52. The van der Waals surface area contributed by atoms with Crippen LogP contribution in [0.15, 0.2) is 24.3 Å².